The summed E-state index contributed by atoms with van der Waals surface area (Å²) < 4.78 is 13.2. The second-order valence-electron chi connectivity index (χ2n) is 5.83. The van der Waals surface area contributed by atoms with Gasteiger partial charge in [0.2, 0.25) is 5.91 Å². The number of halogens is 1. The molecule has 0 aromatic heterocycles. The third-order valence-corrected chi connectivity index (χ3v) is 4.24. The number of rotatable bonds is 3. The van der Waals surface area contributed by atoms with Crippen LogP contribution in [0.1, 0.15) is 11.1 Å². The van der Waals surface area contributed by atoms with Crippen LogP contribution in [0.15, 0.2) is 48.5 Å². The van der Waals surface area contributed by atoms with E-state index >= 15 is 0 Å². The largest absolute Gasteiger partial charge is 0.368 e. The normalized spacial score (nSPS) is 14.3. The van der Waals surface area contributed by atoms with E-state index in [1.807, 2.05) is 17.0 Å². The number of hydrogen-bond donors (Lipinski definition) is 0. The molecule has 0 radical (unpaired) electrons. The van der Waals surface area contributed by atoms with Gasteiger partial charge < -0.3 is 9.80 Å². The van der Waals surface area contributed by atoms with Gasteiger partial charge in [0, 0.05) is 31.9 Å². The van der Waals surface area contributed by atoms with E-state index in [9.17, 15) is 9.18 Å². The van der Waals surface area contributed by atoms with Crippen LogP contribution in [0.25, 0.3) is 0 Å². The van der Waals surface area contributed by atoms with Crippen molar-refractivity contribution < 1.29 is 9.18 Å². The fourth-order valence-corrected chi connectivity index (χ4v) is 2.89. The lowest BCUT2D eigenvalue weighted by Crippen LogP contribution is -2.49. The molecule has 4 nitrogen and oxygen atoms in total. The smallest absolute Gasteiger partial charge is 0.227 e. The number of carbonyl (C=O) groups excluding carboxylic acids is 1. The number of piperazine rings is 1. The molecule has 1 saturated heterocycles. The first kappa shape index (κ1) is 16.0. The van der Waals surface area contributed by atoms with Crippen LogP contribution >= 0.6 is 0 Å². The van der Waals surface area contributed by atoms with E-state index in [-0.39, 0.29) is 18.1 Å². The van der Waals surface area contributed by atoms with Crippen molar-refractivity contribution >= 4 is 11.6 Å². The molecule has 1 aliphatic rings. The maximum absolute atomic E-state index is 13.2. The van der Waals surface area contributed by atoms with Gasteiger partial charge in [-0.05, 0) is 42.0 Å². The zero-order valence-electron chi connectivity index (χ0n) is 13.3. The second-order valence-corrected chi connectivity index (χ2v) is 5.83. The van der Waals surface area contributed by atoms with Gasteiger partial charge in [0.25, 0.3) is 0 Å². The van der Waals surface area contributed by atoms with Crippen molar-refractivity contribution in [3.63, 3.8) is 0 Å². The maximum atomic E-state index is 13.2. The van der Waals surface area contributed by atoms with Crippen LogP contribution in [0.4, 0.5) is 10.1 Å². The molecule has 0 saturated carbocycles. The van der Waals surface area contributed by atoms with Gasteiger partial charge in [0.05, 0.1) is 18.1 Å². The predicted molar refractivity (Wildman–Crippen MR) is 90.1 cm³/mol. The molecule has 1 aliphatic heterocycles. The molecule has 0 aliphatic carbocycles. The molecule has 1 fully saturated rings. The zero-order valence-corrected chi connectivity index (χ0v) is 13.3. The number of anilines is 1. The molecular weight excluding hydrogens is 305 g/mol. The predicted octanol–water partition coefficient (Wildman–Crippen LogP) is 2.59. The topological polar surface area (TPSA) is 47.3 Å². The quantitative estimate of drug-likeness (QED) is 0.872. The molecule has 24 heavy (non-hydrogen) atoms. The van der Waals surface area contributed by atoms with Crippen LogP contribution in [0, 0.1) is 17.1 Å². The standard InChI is InChI=1S/C19H18FN3O/c20-17-3-1-2-16(12-17)13-19(24)23-10-8-22(9-11-23)18-6-4-15(14-21)5-7-18/h1-7,12H,8-11,13H2. The van der Waals surface area contributed by atoms with Crippen LogP contribution in [0.2, 0.25) is 0 Å². The third-order valence-electron chi connectivity index (χ3n) is 4.24. The highest BCUT2D eigenvalue weighted by atomic mass is 19.1. The Balaban J connectivity index is 1.56. The molecule has 0 bridgehead atoms. The van der Waals surface area contributed by atoms with Gasteiger partial charge in [-0.2, -0.15) is 5.26 Å². The van der Waals surface area contributed by atoms with Crippen LogP contribution in [0.5, 0.6) is 0 Å². The van der Waals surface area contributed by atoms with Crippen molar-refractivity contribution in [3.05, 3.63) is 65.5 Å². The summed E-state index contributed by atoms with van der Waals surface area (Å²) in [6.07, 6.45) is 0.231. The average Bonchev–Trinajstić information content (AvgIpc) is 2.62. The Hall–Kier alpha value is -2.87. The lowest BCUT2D eigenvalue weighted by atomic mass is 10.1. The fraction of sp³-hybridized carbons (Fsp3) is 0.263. The molecule has 5 heteroatoms. The number of nitriles is 1. The van der Waals surface area contributed by atoms with Crippen molar-refractivity contribution in [1.29, 1.82) is 5.26 Å². The van der Waals surface area contributed by atoms with Gasteiger partial charge in [-0.25, -0.2) is 4.39 Å². The number of hydrogen-bond acceptors (Lipinski definition) is 3. The monoisotopic (exact) mass is 323 g/mol. The first-order valence-corrected chi connectivity index (χ1v) is 7.93. The summed E-state index contributed by atoms with van der Waals surface area (Å²) in [7, 11) is 0. The highest BCUT2D eigenvalue weighted by Gasteiger charge is 2.21. The third kappa shape index (κ3) is 3.72. The first-order chi connectivity index (χ1) is 11.7. The van der Waals surface area contributed by atoms with E-state index in [1.165, 1.54) is 12.1 Å². The average molecular weight is 323 g/mol. The molecule has 2 aromatic rings. The summed E-state index contributed by atoms with van der Waals surface area (Å²) in [4.78, 5) is 16.4. The Morgan fingerprint density at radius 3 is 2.42 bits per heavy atom. The van der Waals surface area contributed by atoms with Crippen molar-refractivity contribution in [3.8, 4) is 6.07 Å². The van der Waals surface area contributed by atoms with E-state index in [0.717, 1.165) is 18.8 Å². The van der Waals surface area contributed by atoms with Gasteiger partial charge in [-0.1, -0.05) is 12.1 Å². The molecule has 3 rings (SSSR count). The van der Waals surface area contributed by atoms with E-state index in [2.05, 4.69) is 11.0 Å². The molecule has 1 amide bonds. The Morgan fingerprint density at radius 1 is 1.08 bits per heavy atom. The van der Waals surface area contributed by atoms with Gasteiger partial charge in [-0.15, -0.1) is 0 Å². The molecule has 0 unspecified atom stereocenters. The summed E-state index contributed by atoms with van der Waals surface area (Å²) in [6, 6.07) is 15.8. The summed E-state index contributed by atoms with van der Waals surface area (Å²) in [5.74, 6) is -0.286. The Bertz CT molecular complexity index is 759. The Morgan fingerprint density at radius 2 is 1.79 bits per heavy atom. The molecular formula is C19H18FN3O. The van der Waals surface area contributed by atoms with Gasteiger partial charge in [-0.3, -0.25) is 4.79 Å². The summed E-state index contributed by atoms with van der Waals surface area (Å²) >= 11 is 0. The van der Waals surface area contributed by atoms with Crippen molar-refractivity contribution in [2.75, 3.05) is 31.1 Å². The Kier molecular flexibility index (Phi) is 4.76. The summed E-state index contributed by atoms with van der Waals surface area (Å²) in [5.41, 5.74) is 2.41. The van der Waals surface area contributed by atoms with E-state index in [0.29, 0.717) is 24.2 Å². The summed E-state index contributed by atoms with van der Waals surface area (Å²) in [6.45, 7) is 2.80. The minimum Gasteiger partial charge on any atom is -0.368 e. The highest BCUT2D eigenvalue weighted by molar-refractivity contribution is 5.79. The summed E-state index contributed by atoms with van der Waals surface area (Å²) in [5, 5.41) is 8.84. The maximum Gasteiger partial charge on any atom is 0.227 e. The molecule has 1 heterocycles. The van der Waals surface area contributed by atoms with E-state index in [4.69, 9.17) is 5.26 Å². The Labute approximate surface area is 140 Å². The van der Waals surface area contributed by atoms with Crippen LogP contribution in [-0.4, -0.2) is 37.0 Å². The highest BCUT2D eigenvalue weighted by Crippen LogP contribution is 2.17. The lowest BCUT2D eigenvalue weighted by molar-refractivity contribution is -0.130. The number of amides is 1. The molecule has 0 N–H and O–H groups in total. The molecule has 0 atom stereocenters. The number of benzene rings is 2. The zero-order chi connectivity index (χ0) is 16.9. The van der Waals surface area contributed by atoms with Crippen molar-refractivity contribution in [2.45, 2.75) is 6.42 Å². The van der Waals surface area contributed by atoms with E-state index < -0.39 is 0 Å². The van der Waals surface area contributed by atoms with Crippen molar-refractivity contribution in [2.24, 2.45) is 0 Å². The van der Waals surface area contributed by atoms with Crippen molar-refractivity contribution in [1.82, 2.24) is 4.90 Å². The van der Waals surface area contributed by atoms with Crippen LogP contribution < -0.4 is 4.90 Å². The van der Waals surface area contributed by atoms with Gasteiger partial charge >= 0.3 is 0 Å². The van der Waals surface area contributed by atoms with Gasteiger partial charge in [0.1, 0.15) is 5.82 Å². The number of carbonyl (C=O) groups is 1. The fourth-order valence-electron chi connectivity index (χ4n) is 2.89. The van der Waals surface area contributed by atoms with E-state index in [1.54, 1.807) is 24.3 Å². The van der Waals surface area contributed by atoms with Crippen LogP contribution in [-0.2, 0) is 11.2 Å². The lowest BCUT2D eigenvalue weighted by Gasteiger charge is -2.36. The molecule has 2 aromatic carbocycles. The van der Waals surface area contributed by atoms with Gasteiger partial charge in [0.15, 0.2) is 0 Å². The van der Waals surface area contributed by atoms with Crippen LogP contribution in [0.3, 0.4) is 0 Å². The molecule has 0 spiro atoms. The minimum absolute atomic E-state index is 0.0279. The minimum atomic E-state index is -0.314. The number of nitrogens with zero attached hydrogens (tertiary/aromatic N) is 3. The second kappa shape index (κ2) is 7.14. The molecule has 122 valence electrons. The SMILES string of the molecule is N#Cc1ccc(N2CCN(C(=O)Cc3cccc(F)c3)CC2)cc1. The first-order valence-electron chi connectivity index (χ1n) is 7.93.